The third-order valence-electron chi connectivity index (χ3n) is 2.14. The first-order valence-electron chi connectivity index (χ1n) is 4.44. The minimum Gasteiger partial charge on any atom is -0.472 e. The second-order valence-corrected chi connectivity index (χ2v) is 3.52. The molecule has 1 N–H and O–H groups in total. The van der Waals surface area contributed by atoms with Gasteiger partial charge in [0.05, 0.1) is 11.8 Å². The van der Waals surface area contributed by atoms with E-state index in [4.69, 9.17) is 4.42 Å². The molecule has 3 nitrogen and oxygen atoms in total. The lowest BCUT2D eigenvalue weighted by molar-refractivity contribution is 0.0930. The highest BCUT2D eigenvalue weighted by Crippen LogP contribution is 2.04. The fraction of sp³-hybridized carbons (Fsp3) is 0.500. The van der Waals surface area contributed by atoms with Crippen LogP contribution in [0.25, 0.3) is 0 Å². The van der Waals surface area contributed by atoms with Crippen LogP contribution >= 0.6 is 0 Å². The van der Waals surface area contributed by atoms with E-state index in [0.717, 1.165) is 0 Å². The fourth-order valence-corrected chi connectivity index (χ4v) is 0.850. The van der Waals surface area contributed by atoms with Crippen molar-refractivity contribution in [2.45, 2.75) is 26.8 Å². The first-order chi connectivity index (χ1) is 6.11. The quantitative estimate of drug-likeness (QED) is 0.775. The van der Waals surface area contributed by atoms with Gasteiger partial charge in [-0.3, -0.25) is 4.79 Å². The van der Waals surface area contributed by atoms with E-state index in [1.165, 1.54) is 12.5 Å². The minimum atomic E-state index is -0.0741. The van der Waals surface area contributed by atoms with E-state index in [-0.39, 0.29) is 11.9 Å². The number of amides is 1. The topological polar surface area (TPSA) is 42.2 Å². The minimum absolute atomic E-state index is 0.0741. The van der Waals surface area contributed by atoms with E-state index in [1.807, 2.05) is 6.92 Å². The van der Waals surface area contributed by atoms with Crippen LogP contribution in [-0.4, -0.2) is 11.9 Å². The SMILES string of the molecule is CC(C)C(C)NC(=O)c1ccoc1. The molecule has 0 aliphatic heterocycles. The molecule has 1 amide bonds. The van der Waals surface area contributed by atoms with Crippen LogP contribution in [0.3, 0.4) is 0 Å². The molecule has 0 fully saturated rings. The lowest BCUT2D eigenvalue weighted by atomic mass is 10.1. The van der Waals surface area contributed by atoms with Gasteiger partial charge in [0, 0.05) is 6.04 Å². The Bertz CT molecular complexity index is 264. The van der Waals surface area contributed by atoms with Crippen molar-refractivity contribution in [2.24, 2.45) is 5.92 Å². The second kappa shape index (κ2) is 4.12. The van der Waals surface area contributed by atoms with Gasteiger partial charge in [-0.25, -0.2) is 0 Å². The Morgan fingerprint density at radius 2 is 2.15 bits per heavy atom. The Morgan fingerprint density at radius 3 is 2.62 bits per heavy atom. The summed E-state index contributed by atoms with van der Waals surface area (Å²) in [7, 11) is 0. The largest absolute Gasteiger partial charge is 0.472 e. The molecule has 0 bridgehead atoms. The van der Waals surface area contributed by atoms with Gasteiger partial charge in [0.25, 0.3) is 5.91 Å². The molecule has 0 aromatic carbocycles. The molecule has 0 aliphatic carbocycles. The van der Waals surface area contributed by atoms with E-state index in [2.05, 4.69) is 19.2 Å². The molecule has 13 heavy (non-hydrogen) atoms. The average molecular weight is 181 g/mol. The third kappa shape index (κ3) is 2.61. The number of furan rings is 1. The Balaban J connectivity index is 2.52. The Labute approximate surface area is 78.1 Å². The van der Waals surface area contributed by atoms with Gasteiger partial charge < -0.3 is 9.73 Å². The molecule has 1 atom stereocenters. The first kappa shape index (κ1) is 9.84. The Hall–Kier alpha value is -1.25. The predicted molar refractivity (Wildman–Crippen MR) is 50.5 cm³/mol. The van der Waals surface area contributed by atoms with Crippen molar-refractivity contribution in [2.75, 3.05) is 0 Å². The fourth-order valence-electron chi connectivity index (χ4n) is 0.850. The molecule has 1 rings (SSSR count). The van der Waals surface area contributed by atoms with Gasteiger partial charge in [-0.15, -0.1) is 0 Å². The zero-order valence-corrected chi connectivity index (χ0v) is 8.20. The molecule has 1 aromatic heterocycles. The number of carbonyl (C=O) groups excluding carboxylic acids is 1. The predicted octanol–water partition coefficient (Wildman–Crippen LogP) is 2.05. The third-order valence-corrected chi connectivity index (χ3v) is 2.14. The van der Waals surface area contributed by atoms with Crippen LogP contribution in [-0.2, 0) is 0 Å². The summed E-state index contributed by atoms with van der Waals surface area (Å²) in [4.78, 5) is 11.4. The van der Waals surface area contributed by atoms with Crippen LogP contribution in [0, 0.1) is 5.92 Å². The Morgan fingerprint density at radius 1 is 1.46 bits per heavy atom. The van der Waals surface area contributed by atoms with Crippen molar-refractivity contribution in [3.8, 4) is 0 Å². The van der Waals surface area contributed by atoms with E-state index >= 15 is 0 Å². The summed E-state index contributed by atoms with van der Waals surface area (Å²) < 4.78 is 4.82. The molecule has 0 saturated carbocycles. The van der Waals surface area contributed by atoms with Crippen molar-refractivity contribution in [3.05, 3.63) is 24.2 Å². The maximum Gasteiger partial charge on any atom is 0.254 e. The number of hydrogen-bond acceptors (Lipinski definition) is 2. The lowest BCUT2D eigenvalue weighted by Crippen LogP contribution is -2.35. The summed E-state index contributed by atoms with van der Waals surface area (Å²) in [5.41, 5.74) is 0.576. The van der Waals surface area contributed by atoms with Crippen molar-refractivity contribution in [1.82, 2.24) is 5.32 Å². The van der Waals surface area contributed by atoms with E-state index in [0.29, 0.717) is 11.5 Å². The molecule has 0 aliphatic rings. The zero-order valence-electron chi connectivity index (χ0n) is 8.20. The van der Waals surface area contributed by atoms with Gasteiger partial charge in [0.2, 0.25) is 0 Å². The summed E-state index contributed by atoms with van der Waals surface area (Å²) in [5.74, 6) is 0.366. The van der Waals surface area contributed by atoms with Crippen LogP contribution in [0.4, 0.5) is 0 Å². The van der Waals surface area contributed by atoms with Gasteiger partial charge >= 0.3 is 0 Å². The number of hydrogen-bond donors (Lipinski definition) is 1. The number of rotatable bonds is 3. The maximum absolute atomic E-state index is 11.4. The zero-order chi connectivity index (χ0) is 9.84. The summed E-state index contributed by atoms with van der Waals surface area (Å²) >= 11 is 0. The van der Waals surface area contributed by atoms with Crippen LogP contribution in [0.15, 0.2) is 23.0 Å². The molecule has 0 saturated heterocycles. The monoisotopic (exact) mass is 181 g/mol. The average Bonchev–Trinajstić information content (AvgIpc) is 2.55. The van der Waals surface area contributed by atoms with Gasteiger partial charge in [0.1, 0.15) is 6.26 Å². The maximum atomic E-state index is 11.4. The van der Waals surface area contributed by atoms with Gasteiger partial charge in [0.15, 0.2) is 0 Å². The van der Waals surface area contributed by atoms with Gasteiger partial charge in [-0.2, -0.15) is 0 Å². The molecular formula is C10H15NO2. The van der Waals surface area contributed by atoms with Crippen molar-refractivity contribution >= 4 is 5.91 Å². The summed E-state index contributed by atoms with van der Waals surface area (Å²) in [6, 6.07) is 1.84. The highest BCUT2D eigenvalue weighted by atomic mass is 16.3. The van der Waals surface area contributed by atoms with Crippen LogP contribution in [0.5, 0.6) is 0 Å². The number of nitrogens with one attached hydrogen (secondary N) is 1. The molecule has 1 unspecified atom stereocenters. The second-order valence-electron chi connectivity index (χ2n) is 3.52. The van der Waals surface area contributed by atoms with E-state index in [9.17, 15) is 4.79 Å². The van der Waals surface area contributed by atoms with E-state index in [1.54, 1.807) is 6.07 Å². The highest BCUT2D eigenvalue weighted by Gasteiger charge is 2.12. The summed E-state index contributed by atoms with van der Waals surface area (Å²) in [6.45, 7) is 6.13. The van der Waals surface area contributed by atoms with Gasteiger partial charge in [-0.05, 0) is 18.9 Å². The van der Waals surface area contributed by atoms with Gasteiger partial charge in [-0.1, -0.05) is 13.8 Å². The van der Waals surface area contributed by atoms with Crippen molar-refractivity contribution < 1.29 is 9.21 Å². The highest BCUT2D eigenvalue weighted by molar-refractivity contribution is 5.93. The summed E-state index contributed by atoms with van der Waals surface area (Å²) in [6.07, 6.45) is 2.94. The standard InChI is InChI=1S/C10H15NO2/c1-7(2)8(3)11-10(12)9-4-5-13-6-9/h4-8H,1-3H3,(H,11,12). The normalized spacial score (nSPS) is 12.9. The molecule has 3 heteroatoms. The molecule has 72 valence electrons. The molecule has 1 aromatic rings. The molecular weight excluding hydrogens is 166 g/mol. The smallest absolute Gasteiger partial charge is 0.254 e. The van der Waals surface area contributed by atoms with Crippen molar-refractivity contribution in [1.29, 1.82) is 0 Å². The van der Waals surface area contributed by atoms with Crippen LogP contribution in [0.2, 0.25) is 0 Å². The van der Waals surface area contributed by atoms with Crippen molar-refractivity contribution in [3.63, 3.8) is 0 Å². The molecule has 1 heterocycles. The summed E-state index contributed by atoms with van der Waals surface area (Å²) in [5, 5.41) is 2.88. The van der Waals surface area contributed by atoms with E-state index < -0.39 is 0 Å². The molecule has 0 radical (unpaired) electrons. The van der Waals surface area contributed by atoms with Crippen LogP contribution in [0.1, 0.15) is 31.1 Å². The lowest BCUT2D eigenvalue weighted by Gasteiger charge is -2.16. The van der Waals surface area contributed by atoms with Crippen LogP contribution < -0.4 is 5.32 Å². The molecule has 0 spiro atoms. The Kier molecular flexibility index (Phi) is 3.12. The number of carbonyl (C=O) groups is 1. The first-order valence-corrected chi connectivity index (χ1v) is 4.44.